The maximum atomic E-state index is 12.3. The van der Waals surface area contributed by atoms with E-state index in [1.807, 2.05) is 30.7 Å². The maximum absolute atomic E-state index is 12.3. The third-order valence-electron chi connectivity index (χ3n) is 5.24. The quantitative estimate of drug-likeness (QED) is 0.366. The minimum atomic E-state index is 0.155. The number of carbonyl (C=O) groups is 1. The van der Waals surface area contributed by atoms with Crippen LogP contribution in [0.2, 0.25) is 0 Å². The van der Waals surface area contributed by atoms with E-state index in [9.17, 15) is 4.79 Å². The molecule has 1 N–H and O–H groups in total. The summed E-state index contributed by atoms with van der Waals surface area (Å²) in [4.78, 5) is 23.4. The summed E-state index contributed by atoms with van der Waals surface area (Å²) in [6, 6.07) is 0.738. The summed E-state index contributed by atoms with van der Waals surface area (Å²) in [6.07, 6.45) is 6.35. The number of likely N-dealkylation sites (tertiary alicyclic amines) is 1. The summed E-state index contributed by atoms with van der Waals surface area (Å²) >= 11 is 0. The van der Waals surface area contributed by atoms with Crippen LogP contribution in [0.25, 0.3) is 0 Å². The Morgan fingerprint density at radius 1 is 1.19 bits per heavy atom. The lowest BCUT2D eigenvalue weighted by Gasteiger charge is -2.33. The van der Waals surface area contributed by atoms with Crippen molar-refractivity contribution in [2.24, 2.45) is 4.99 Å². The van der Waals surface area contributed by atoms with Crippen LogP contribution in [0.3, 0.4) is 0 Å². The number of likely N-dealkylation sites (N-methyl/N-ethyl adjacent to an activating group) is 2. The van der Waals surface area contributed by atoms with E-state index in [2.05, 4.69) is 24.1 Å². The fourth-order valence-electron chi connectivity index (χ4n) is 3.53. The number of hydrogen-bond acceptors (Lipinski definition) is 3. The zero-order valence-electron chi connectivity index (χ0n) is 17.8. The molecule has 1 atom stereocenters. The number of nitrogens with zero attached hydrogens (tertiary/aromatic N) is 4. The molecule has 1 unspecified atom stereocenters. The first-order chi connectivity index (χ1) is 12.5. The summed E-state index contributed by atoms with van der Waals surface area (Å²) in [5.41, 5.74) is 0. The fraction of sp³-hybridized carbons (Fsp3) is 0.900. The summed E-state index contributed by atoms with van der Waals surface area (Å²) in [5.74, 6) is 0.988. The molecule has 1 aliphatic heterocycles. The third-order valence-corrected chi connectivity index (χ3v) is 5.24. The van der Waals surface area contributed by atoms with Crippen molar-refractivity contribution >= 4 is 11.9 Å². The summed E-state index contributed by atoms with van der Waals surface area (Å²) in [6.45, 7) is 14.4. The summed E-state index contributed by atoms with van der Waals surface area (Å²) < 4.78 is 0. The Bertz CT molecular complexity index is 422. The van der Waals surface area contributed by atoms with Crippen molar-refractivity contribution in [1.29, 1.82) is 0 Å². The molecule has 1 amide bonds. The molecular formula is C20H41N5O. The van der Waals surface area contributed by atoms with Gasteiger partial charge in [-0.3, -0.25) is 9.79 Å². The number of nitrogens with one attached hydrogen (secondary N) is 1. The van der Waals surface area contributed by atoms with Crippen LogP contribution in [-0.2, 0) is 4.79 Å². The topological polar surface area (TPSA) is 51.2 Å². The molecule has 1 saturated heterocycles. The standard InChI is InChI=1S/C20H41N5O/c1-6-21-20(23(5)17-19(26)24(7-2)8-3)22-14-10-12-16-25-15-11-9-13-18(25)4/h18H,6-17H2,1-5H3,(H,21,22). The summed E-state index contributed by atoms with van der Waals surface area (Å²) in [7, 11) is 1.94. The van der Waals surface area contributed by atoms with Crippen LogP contribution >= 0.6 is 0 Å². The molecule has 0 aromatic heterocycles. The molecule has 0 saturated carbocycles. The first-order valence-electron chi connectivity index (χ1n) is 10.5. The van der Waals surface area contributed by atoms with Crippen LogP contribution < -0.4 is 5.32 Å². The van der Waals surface area contributed by atoms with E-state index in [0.717, 1.165) is 44.6 Å². The highest BCUT2D eigenvalue weighted by molar-refractivity contribution is 5.86. The molecule has 152 valence electrons. The Morgan fingerprint density at radius 2 is 1.92 bits per heavy atom. The highest BCUT2D eigenvalue weighted by atomic mass is 16.2. The van der Waals surface area contributed by atoms with Crippen LogP contribution in [0.4, 0.5) is 0 Å². The molecule has 6 nitrogen and oxygen atoms in total. The largest absolute Gasteiger partial charge is 0.357 e. The van der Waals surface area contributed by atoms with Crippen molar-refractivity contribution in [2.75, 3.05) is 52.9 Å². The number of hydrogen-bond donors (Lipinski definition) is 1. The van der Waals surface area contributed by atoms with Gasteiger partial charge in [0, 0.05) is 39.3 Å². The third kappa shape index (κ3) is 7.94. The van der Waals surface area contributed by atoms with Gasteiger partial charge in [-0.1, -0.05) is 6.42 Å². The van der Waals surface area contributed by atoms with Gasteiger partial charge >= 0.3 is 0 Å². The summed E-state index contributed by atoms with van der Waals surface area (Å²) in [5, 5.41) is 3.30. The second-order valence-corrected chi connectivity index (χ2v) is 7.25. The number of carbonyl (C=O) groups excluding carboxylic acids is 1. The SMILES string of the molecule is CCNC(=NCCCCN1CCCCC1C)N(C)CC(=O)N(CC)CC. The molecule has 0 aromatic rings. The number of rotatable bonds is 10. The smallest absolute Gasteiger partial charge is 0.242 e. The zero-order chi connectivity index (χ0) is 19.4. The minimum Gasteiger partial charge on any atom is -0.357 e. The van der Waals surface area contributed by atoms with Gasteiger partial charge in [-0.15, -0.1) is 0 Å². The van der Waals surface area contributed by atoms with Gasteiger partial charge in [-0.25, -0.2) is 0 Å². The van der Waals surface area contributed by atoms with E-state index in [1.54, 1.807) is 0 Å². The zero-order valence-corrected chi connectivity index (χ0v) is 17.8. The van der Waals surface area contributed by atoms with Gasteiger partial charge in [0.15, 0.2) is 5.96 Å². The van der Waals surface area contributed by atoms with E-state index in [0.29, 0.717) is 6.54 Å². The number of guanidine groups is 1. The Kier molecular flexibility index (Phi) is 11.3. The van der Waals surface area contributed by atoms with Crippen molar-refractivity contribution < 1.29 is 4.79 Å². The van der Waals surface area contributed by atoms with E-state index in [1.165, 1.54) is 38.8 Å². The molecule has 1 fully saturated rings. The lowest BCUT2D eigenvalue weighted by atomic mass is 10.0. The Balaban J connectivity index is 2.40. The predicted molar refractivity (Wildman–Crippen MR) is 111 cm³/mol. The lowest BCUT2D eigenvalue weighted by Crippen LogP contribution is -2.45. The van der Waals surface area contributed by atoms with E-state index in [4.69, 9.17) is 4.99 Å². The molecule has 0 radical (unpaired) electrons. The minimum absolute atomic E-state index is 0.155. The van der Waals surface area contributed by atoms with E-state index < -0.39 is 0 Å². The van der Waals surface area contributed by atoms with Gasteiger partial charge in [0.25, 0.3) is 0 Å². The predicted octanol–water partition coefficient (Wildman–Crippen LogP) is 2.41. The molecule has 0 aromatic carbocycles. The molecule has 1 rings (SSSR count). The average molecular weight is 368 g/mol. The highest BCUT2D eigenvalue weighted by Gasteiger charge is 2.17. The van der Waals surface area contributed by atoms with Crippen LogP contribution in [0.15, 0.2) is 4.99 Å². The molecule has 1 aliphatic rings. The van der Waals surface area contributed by atoms with Gasteiger partial charge in [0.05, 0.1) is 6.54 Å². The van der Waals surface area contributed by atoms with Gasteiger partial charge in [0.2, 0.25) is 5.91 Å². The van der Waals surface area contributed by atoms with E-state index in [-0.39, 0.29) is 5.91 Å². The highest BCUT2D eigenvalue weighted by Crippen LogP contribution is 2.16. The van der Waals surface area contributed by atoms with Crippen LogP contribution in [-0.4, -0.2) is 85.5 Å². The molecule has 0 spiro atoms. The van der Waals surface area contributed by atoms with Crippen molar-refractivity contribution in [3.63, 3.8) is 0 Å². The molecule has 1 heterocycles. The van der Waals surface area contributed by atoms with Crippen LogP contribution in [0.1, 0.15) is 59.8 Å². The normalized spacial score (nSPS) is 18.7. The number of amides is 1. The monoisotopic (exact) mass is 367 g/mol. The van der Waals surface area contributed by atoms with Gasteiger partial charge < -0.3 is 20.0 Å². The average Bonchev–Trinajstić information content (AvgIpc) is 2.63. The van der Waals surface area contributed by atoms with Gasteiger partial charge in [-0.05, 0) is 66.5 Å². The maximum Gasteiger partial charge on any atom is 0.242 e. The van der Waals surface area contributed by atoms with Crippen molar-refractivity contribution in [2.45, 2.75) is 65.8 Å². The number of unbranched alkanes of at least 4 members (excludes halogenated alkanes) is 1. The molecular weight excluding hydrogens is 326 g/mol. The van der Waals surface area contributed by atoms with Crippen LogP contribution in [0.5, 0.6) is 0 Å². The van der Waals surface area contributed by atoms with Gasteiger partial charge in [0.1, 0.15) is 0 Å². The first-order valence-corrected chi connectivity index (χ1v) is 10.5. The fourth-order valence-corrected chi connectivity index (χ4v) is 3.53. The Hall–Kier alpha value is -1.30. The molecule has 0 bridgehead atoms. The van der Waals surface area contributed by atoms with Crippen molar-refractivity contribution in [3.05, 3.63) is 0 Å². The van der Waals surface area contributed by atoms with Crippen molar-refractivity contribution in [3.8, 4) is 0 Å². The van der Waals surface area contributed by atoms with Crippen LogP contribution in [0, 0.1) is 0 Å². The molecule has 26 heavy (non-hydrogen) atoms. The Labute approximate surface area is 161 Å². The number of aliphatic imine (C=N–C) groups is 1. The lowest BCUT2D eigenvalue weighted by molar-refractivity contribution is -0.131. The molecule has 6 heteroatoms. The second-order valence-electron chi connectivity index (χ2n) is 7.25. The van der Waals surface area contributed by atoms with Crippen molar-refractivity contribution in [1.82, 2.24) is 20.0 Å². The second kappa shape index (κ2) is 13.0. The first kappa shape index (κ1) is 22.7. The Morgan fingerprint density at radius 3 is 2.54 bits per heavy atom. The number of piperidine rings is 1. The molecule has 0 aliphatic carbocycles. The van der Waals surface area contributed by atoms with Gasteiger partial charge in [-0.2, -0.15) is 0 Å². The van der Waals surface area contributed by atoms with E-state index >= 15 is 0 Å².